The van der Waals surface area contributed by atoms with E-state index in [1.165, 1.54) is 12.8 Å². The van der Waals surface area contributed by atoms with Gasteiger partial charge in [0, 0.05) is 26.2 Å². The Morgan fingerprint density at radius 3 is 2.90 bits per heavy atom. The summed E-state index contributed by atoms with van der Waals surface area (Å²) in [5.41, 5.74) is 1.03. The number of aromatic nitrogens is 1. The number of pyridine rings is 1. The Morgan fingerprint density at radius 1 is 1.38 bits per heavy atom. The van der Waals surface area contributed by atoms with Gasteiger partial charge in [-0.3, -0.25) is 4.99 Å². The van der Waals surface area contributed by atoms with E-state index in [2.05, 4.69) is 32.7 Å². The van der Waals surface area contributed by atoms with E-state index in [4.69, 9.17) is 9.72 Å². The molecule has 1 aromatic rings. The van der Waals surface area contributed by atoms with Crippen molar-refractivity contribution in [1.82, 2.24) is 15.6 Å². The highest BCUT2D eigenvalue weighted by atomic mass is 16.5. The van der Waals surface area contributed by atoms with Crippen molar-refractivity contribution in [2.45, 2.75) is 25.4 Å². The lowest BCUT2D eigenvalue weighted by molar-refractivity contribution is 0.122. The van der Waals surface area contributed by atoms with Crippen LogP contribution >= 0.6 is 0 Å². The Kier molecular flexibility index (Phi) is 4.55. The number of nitrogens with zero attached hydrogens (tertiary/aromatic N) is 3. The molecular formula is C15H23N5O. The van der Waals surface area contributed by atoms with Gasteiger partial charge in [-0.25, -0.2) is 4.98 Å². The lowest BCUT2D eigenvalue weighted by Crippen LogP contribution is -2.38. The van der Waals surface area contributed by atoms with E-state index in [9.17, 15) is 0 Å². The summed E-state index contributed by atoms with van der Waals surface area (Å²) < 4.78 is 5.38. The van der Waals surface area contributed by atoms with Crippen LogP contribution in [-0.4, -0.2) is 50.3 Å². The van der Waals surface area contributed by atoms with Gasteiger partial charge in [-0.2, -0.15) is 0 Å². The molecule has 1 aromatic heterocycles. The molecule has 1 saturated carbocycles. The number of anilines is 1. The van der Waals surface area contributed by atoms with Gasteiger partial charge in [0.05, 0.1) is 25.5 Å². The number of aliphatic imine (C=N–C) groups is 1. The first-order valence-electron chi connectivity index (χ1n) is 7.61. The highest BCUT2D eigenvalue weighted by Gasteiger charge is 2.22. The second kappa shape index (κ2) is 6.76. The molecule has 6 nitrogen and oxygen atoms in total. The van der Waals surface area contributed by atoms with Crippen molar-refractivity contribution in [2.75, 3.05) is 38.3 Å². The van der Waals surface area contributed by atoms with Gasteiger partial charge in [0.25, 0.3) is 0 Å². The van der Waals surface area contributed by atoms with Crippen LogP contribution in [0.2, 0.25) is 0 Å². The van der Waals surface area contributed by atoms with Gasteiger partial charge in [-0.1, -0.05) is 6.07 Å². The van der Waals surface area contributed by atoms with Crippen molar-refractivity contribution < 1.29 is 4.74 Å². The predicted octanol–water partition coefficient (Wildman–Crippen LogP) is 0.746. The summed E-state index contributed by atoms with van der Waals surface area (Å²) >= 11 is 0. The first-order chi connectivity index (χ1) is 10.3. The third kappa shape index (κ3) is 4.07. The second-order valence-electron chi connectivity index (χ2n) is 5.43. The molecule has 2 fully saturated rings. The summed E-state index contributed by atoms with van der Waals surface area (Å²) in [6.45, 7) is 4.07. The number of ether oxygens (including phenoxy) is 1. The fourth-order valence-corrected chi connectivity index (χ4v) is 2.32. The zero-order chi connectivity index (χ0) is 14.5. The van der Waals surface area contributed by atoms with Gasteiger partial charge in [0.15, 0.2) is 5.96 Å². The molecule has 3 rings (SSSR count). The molecule has 2 heterocycles. The van der Waals surface area contributed by atoms with Crippen molar-refractivity contribution in [1.29, 1.82) is 0 Å². The molecule has 0 bridgehead atoms. The summed E-state index contributed by atoms with van der Waals surface area (Å²) in [4.78, 5) is 11.2. The van der Waals surface area contributed by atoms with Crippen LogP contribution < -0.4 is 15.5 Å². The molecule has 0 radical (unpaired) electrons. The summed E-state index contributed by atoms with van der Waals surface area (Å²) in [6, 6.07) is 6.77. The molecule has 6 heteroatoms. The van der Waals surface area contributed by atoms with Crippen LogP contribution in [0.5, 0.6) is 0 Å². The number of morpholine rings is 1. The SMILES string of the molecule is CN=C(NCc1cccc(N2CCOCC2)n1)NC1CC1. The molecule has 2 N–H and O–H groups in total. The molecule has 1 aliphatic heterocycles. The van der Waals surface area contributed by atoms with Crippen LogP contribution in [0, 0.1) is 0 Å². The maximum absolute atomic E-state index is 5.38. The van der Waals surface area contributed by atoms with E-state index in [0.717, 1.165) is 43.8 Å². The zero-order valence-electron chi connectivity index (χ0n) is 12.5. The van der Waals surface area contributed by atoms with E-state index in [1.54, 1.807) is 7.05 Å². The predicted molar refractivity (Wildman–Crippen MR) is 83.6 cm³/mol. The molecule has 21 heavy (non-hydrogen) atoms. The third-order valence-corrected chi connectivity index (χ3v) is 3.71. The largest absolute Gasteiger partial charge is 0.378 e. The minimum absolute atomic E-state index is 0.601. The fourth-order valence-electron chi connectivity index (χ4n) is 2.32. The Labute approximate surface area is 125 Å². The molecule has 114 valence electrons. The van der Waals surface area contributed by atoms with Gasteiger partial charge in [-0.05, 0) is 25.0 Å². The molecular weight excluding hydrogens is 266 g/mol. The highest BCUT2D eigenvalue weighted by molar-refractivity contribution is 5.80. The van der Waals surface area contributed by atoms with E-state index in [-0.39, 0.29) is 0 Å². The van der Waals surface area contributed by atoms with Gasteiger partial charge < -0.3 is 20.3 Å². The average molecular weight is 289 g/mol. The Morgan fingerprint density at radius 2 is 2.19 bits per heavy atom. The molecule has 0 amide bonds. The van der Waals surface area contributed by atoms with Crippen molar-refractivity contribution in [2.24, 2.45) is 4.99 Å². The molecule has 2 aliphatic rings. The molecule has 0 atom stereocenters. The number of rotatable bonds is 4. The van der Waals surface area contributed by atoms with E-state index < -0.39 is 0 Å². The molecule has 0 aromatic carbocycles. The lowest BCUT2D eigenvalue weighted by Gasteiger charge is -2.28. The smallest absolute Gasteiger partial charge is 0.191 e. The summed E-state index contributed by atoms with van der Waals surface area (Å²) in [5.74, 6) is 1.89. The summed E-state index contributed by atoms with van der Waals surface area (Å²) in [5, 5.41) is 6.69. The number of hydrogen-bond acceptors (Lipinski definition) is 4. The van der Waals surface area contributed by atoms with E-state index in [1.807, 2.05) is 6.07 Å². The molecule has 0 spiro atoms. The zero-order valence-corrected chi connectivity index (χ0v) is 12.5. The van der Waals surface area contributed by atoms with Crippen molar-refractivity contribution >= 4 is 11.8 Å². The first-order valence-corrected chi connectivity index (χ1v) is 7.61. The number of hydrogen-bond donors (Lipinski definition) is 2. The topological polar surface area (TPSA) is 61.8 Å². The highest BCUT2D eigenvalue weighted by Crippen LogP contribution is 2.18. The standard InChI is InChI=1S/C15H23N5O/c1-16-15(19-12-5-6-12)17-11-13-3-2-4-14(18-13)20-7-9-21-10-8-20/h2-4,12H,5-11H2,1H3,(H2,16,17,19). The van der Waals surface area contributed by atoms with Gasteiger partial charge in [-0.15, -0.1) is 0 Å². The van der Waals surface area contributed by atoms with Crippen molar-refractivity contribution in [3.63, 3.8) is 0 Å². The molecule has 1 aliphatic carbocycles. The minimum Gasteiger partial charge on any atom is -0.378 e. The summed E-state index contributed by atoms with van der Waals surface area (Å²) in [6.07, 6.45) is 2.48. The fraction of sp³-hybridized carbons (Fsp3) is 0.600. The Balaban J connectivity index is 1.57. The Bertz CT molecular complexity index is 495. The minimum atomic E-state index is 0.601. The molecule has 0 unspecified atom stereocenters. The van der Waals surface area contributed by atoms with Crippen molar-refractivity contribution in [3.8, 4) is 0 Å². The number of nitrogens with one attached hydrogen (secondary N) is 2. The van der Waals surface area contributed by atoms with Crippen LogP contribution in [-0.2, 0) is 11.3 Å². The van der Waals surface area contributed by atoms with Gasteiger partial charge >= 0.3 is 0 Å². The third-order valence-electron chi connectivity index (χ3n) is 3.71. The second-order valence-corrected chi connectivity index (χ2v) is 5.43. The summed E-state index contributed by atoms with van der Waals surface area (Å²) in [7, 11) is 1.80. The maximum atomic E-state index is 5.38. The van der Waals surface area contributed by atoms with E-state index >= 15 is 0 Å². The van der Waals surface area contributed by atoms with Crippen LogP contribution in [0.4, 0.5) is 5.82 Å². The van der Waals surface area contributed by atoms with Crippen molar-refractivity contribution in [3.05, 3.63) is 23.9 Å². The monoisotopic (exact) mass is 289 g/mol. The van der Waals surface area contributed by atoms with E-state index in [0.29, 0.717) is 12.6 Å². The normalized spacial score (nSPS) is 19.5. The quantitative estimate of drug-likeness (QED) is 0.632. The van der Waals surface area contributed by atoms with Crippen LogP contribution in [0.3, 0.4) is 0 Å². The number of guanidine groups is 1. The van der Waals surface area contributed by atoms with Gasteiger partial charge in [0.1, 0.15) is 5.82 Å². The molecule has 1 saturated heterocycles. The van der Waals surface area contributed by atoms with Crippen LogP contribution in [0.15, 0.2) is 23.2 Å². The first kappa shape index (κ1) is 14.1. The average Bonchev–Trinajstić information content (AvgIpc) is 3.36. The lowest BCUT2D eigenvalue weighted by atomic mass is 10.3. The van der Waals surface area contributed by atoms with Crippen LogP contribution in [0.25, 0.3) is 0 Å². The Hall–Kier alpha value is -1.82. The van der Waals surface area contributed by atoms with Crippen LogP contribution in [0.1, 0.15) is 18.5 Å². The maximum Gasteiger partial charge on any atom is 0.191 e. The van der Waals surface area contributed by atoms with Gasteiger partial charge in [0.2, 0.25) is 0 Å².